The number of anilines is 2. The first-order valence-corrected chi connectivity index (χ1v) is 7.33. The van der Waals surface area contributed by atoms with E-state index in [0.717, 1.165) is 18.0 Å². The summed E-state index contributed by atoms with van der Waals surface area (Å²) in [6, 6.07) is 5.83. The summed E-state index contributed by atoms with van der Waals surface area (Å²) in [6.07, 6.45) is 0.122. The zero-order valence-corrected chi connectivity index (χ0v) is 12.4. The minimum Gasteiger partial charge on any atom is -0.489 e. The average Bonchev–Trinajstić information content (AvgIpc) is 2.76. The van der Waals surface area contributed by atoms with E-state index >= 15 is 0 Å². The molecule has 102 valence electrons. The standard InChI is InChI=1S/C15H20N2OS/c1-10(2)18-14-6-4-5-13(15(14)16)17-7-12-9-19-8-11(12)3/h4-6,8-10,17H,7,16H2,1-3H3. The van der Waals surface area contributed by atoms with Gasteiger partial charge in [-0.05, 0) is 54.8 Å². The van der Waals surface area contributed by atoms with Crippen LogP contribution >= 0.6 is 11.3 Å². The van der Waals surface area contributed by atoms with E-state index in [1.54, 1.807) is 11.3 Å². The Balaban J connectivity index is 2.10. The lowest BCUT2D eigenvalue weighted by atomic mass is 10.2. The maximum Gasteiger partial charge on any atom is 0.144 e. The molecular weight excluding hydrogens is 256 g/mol. The number of thiophene rings is 1. The third-order valence-electron chi connectivity index (χ3n) is 2.86. The van der Waals surface area contributed by atoms with Crippen LogP contribution in [0, 0.1) is 6.92 Å². The molecule has 0 unspecified atom stereocenters. The molecule has 0 saturated heterocycles. The highest BCUT2D eigenvalue weighted by Crippen LogP contribution is 2.30. The second-order valence-electron chi connectivity index (χ2n) is 4.82. The molecule has 4 heteroatoms. The predicted octanol–water partition coefficient (Wildman–Crippen LogP) is 4.04. The van der Waals surface area contributed by atoms with Gasteiger partial charge in [0.15, 0.2) is 0 Å². The molecule has 0 bridgehead atoms. The van der Waals surface area contributed by atoms with Crippen molar-refractivity contribution in [1.29, 1.82) is 0 Å². The van der Waals surface area contributed by atoms with Crippen molar-refractivity contribution >= 4 is 22.7 Å². The number of aryl methyl sites for hydroxylation is 1. The van der Waals surface area contributed by atoms with E-state index in [-0.39, 0.29) is 6.10 Å². The number of nitrogen functional groups attached to an aromatic ring is 1. The Morgan fingerprint density at radius 2 is 2.11 bits per heavy atom. The van der Waals surface area contributed by atoms with Gasteiger partial charge in [-0.2, -0.15) is 11.3 Å². The Hall–Kier alpha value is -1.68. The molecule has 0 radical (unpaired) electrons. The van der Waals surface area contributed by atoms with Gasteiger partial charge in [-0.25, -0.2) is 0 Å². The highest BCUT2D eigenvalue weighted by atomic mass is 32.1. The number of hydrogen-bond donors (Lipinski definition) is 2. The van der Waals surface area contributed by atoms with E-state index in [2.05, 4.69) is 23.0 Å². The Morgan fingerprint density at radius 3 is 2.74 bits per heavy atom. The summed E-state index contributed by atoms with van der Waals surface area (Å²) in [5, 5.41) is 7.68. The number of ether oxygens (including phenoxy) is 1. The number of nitrogens with two attached hydrogens (primary N) is 1. The summed E-state index contributed by atoms with van der Waals surface area (Å²) >= 11 is 1.72. The van der Waals surface area contributed by atoms with Crippen LogP contribution in [0.1, 0.15) is 25.0 Å². The SMILES string of the molecule is Cc1cscc1CNc1cccc(OC(C)C)c1N. The number of hydrogen-bond acceptors (Lipinski definition) is 4. The first-order chi connectivity index (χ1) is 9.08. The quantitative estimate of drug-likeness (QED) is 0.810. The fraction of sp³-hybridized carbons (Fsp3) is 0.333. The maximum atomic E-state index is 6.12. The first kappa shape index (κ1) is 13.7. The van der Waals surface area contributed by atoms with E-state index in [1.807, 2.05) is 32.0 Å². The fourth-order valence-corrected chi connectivity index (χ4v) is 2.67. The van der Waals surface area contributed by atoms with Gasteiger partial charge in [-0.15, -0.1) is 0 Å². The molecule has 0 saturated carbocycles. The van der Waals surface area contributed by atoms with Gasteiger partial charge in [0, 0.05) is 6.54 Å². The maximum absolute atomic E-state index is 6.12. The first-order valence-electron chi connectivity index (χ1n) is 6.38. The van der Waals surface area contributed by atoms with Crippen LogP contribution in [0.5, 0.6) is 5.75 Å². The average molecular weight is 276 g/mol. The van der Waals surface area contributed by atoms with Crippen molar-refractivity contribution in [2.45, 2.75) is 33.4 Å². The number of rotatable bonds is 5. The highest BCUT2D eigenvalue weighted by molar-refractivity contribution is 7.08. The molecule has 0 fully saturated rings. The molecule has 2 aromatic rings. The molecule has 1 aromatic heterocycles. The van der Waals surface area contributed by atoms with Crippen molar-refractivity contribution in [3.63, 3.8) is 0 Å². The van der Waals surface area contributed by atoms with Crippen molar-refractivity contribution in [2.75, 3.05) is 11.1 Å². The summed E-state index contributed by atoms with van der Waals surface area (Å²) < 4.78 is 5.68. The summed E-state index contributed by atoms with van der Waals surface area (Å²) in [4.78, 5) is 0. The molecule has 0 atom stereocenters. The van der Waals surface area contributed by atoms with Crippen molar-refractivity contribution in [2.24, 2.45) is 0 Å². The minimum absolute atomic E-state index is 0.122. The van der Waals surface area contributed by atoms with Crippen LogP contribution in [0.4, 0.5) is 11.4 Å². The van der Waals surface area contributed by atoms with E-state index in [9.17, 15) is 0 Å². The summed E-state index contributed by atoms with van der Waals surface area (Å²) in [7, 11) is 0. The minimum atomic E-state index is 0.122. The van der Waals surface area contributed by atoms with Gasteiger partial charge in [0.2, 0.25) is 0 Å². The van der Waals surface area contributed by atoms with Crippen LogP contribution in [-0.4, -0.2) is 6.10 Å². The Bertz CT molecular complexity index is 549. The number of nitrogens with one attached hydrogen (secondary N) is 1. The van der Waals surface area contributed by atoms with Gasteiger partial charge < -0.3 is 15.8 Å². The van der Waals surface area contributed by atoms with Crippen LogP contribution in [0.2, 0.25) is 0 Å². The smallest absolute Gasteiger partial charge is 0.144 e. The van der Waals surface area contributed by atoms with Gasteiger partial charge in [-0.1, -0.05) is 6.07 Å². The molecule has 3 N–H and O–H groups in total. The second-order valence-corrected chi connectivity index (χ2v) is 5.56. The lowest BCUT2D eigenvalue weighted by Gasteiger charge is -2.15. The van der Waals surface area contributed by atoms with E-state index in [1.165, 1.54) is 11.1 Å². The molecule has 3 nitrogen and oxygen atoms in total. The van der Waals surface area contributed by atoms with Crippen molar-refractivity contribution < 1.29 is 4.74 Å². The van der Waals surface area contributed by atoms with Gasteiger partial charge in [0.1, 0.15) is 5.75 Å². The molecule has 0 aliphatic rings. The lowest BCUT2D eigenvalue weighted by Crippen LogP contribution is -2.09. The van der Waals surface area contributed by atoms with Crippen LogP contribution in [0.25, 0.3) is 0 Å². The lowest BCUT2D eigenvalue weighted by molar-refractivity contribution is 0.244. The zero-order chi connectivity index (χ0) is 13.8. The van der Waals surface area contributed by atoms with E-state index < -0.39 is 0 Å². The molecule has 0 amide bonds. The summed E-state index contributed by atoms with van der Waals surface area (Å²) in [5.74, 6) is 0.738. The third-order valence-corrected chi connectivity index (χ3v) is 3.77. The van der Waals surface area contributed by atoms with Crippen LogP contribution < -0.4 is 15.8 Å². The van der Waals surface area contributed by atoms with Crippen LogP contribution in [0.3, 0.4) is 0 Å². The fourth-order valence-electron chi connectivity index (χ4n) is 1.81. The number of benzene rings is 1. The van der Waals surface area contributed by atoms with Gasteiger partial charge in [-0.3, -0.25) is 0 Å². The normalized spacial score (nSPS) is 10.7. The number of para-hydroxylation sites is 1. The van der Waals surface area contributed by atoms with Gasteiger partial charge >= 0.3 is 0 Å². The topological polar surface area (TPSA) is 47.3 Å². The Morgan fingerprint density at radius 1 is 1.32 bits per heavy atom. The van der Waals surface area contributed by atoms with Crippen molar-refractivity contribution in [1.82, 2.24) is 0 Å². The molecule has 2 rings (SSSR count). The van der Waals surface area contributed by atoms with Gasteiger partial charge in [0.05, 0.1) is 17.5 Å². The molecule has 0 aliphatic carbocycles. The zero-order valence-electron chi connectivity index (χ0n) is 11.6. The van der Waals surface area contributed by atoms with Gasteiger partial charge in [0.25, 0.3) is 0 Å². The van der Waals surface area contributed by atoms with Crippen molar-refractivity contribution in [3.05, 3.63) is 40.1 Å². The summed E-state index contributed by atoms with van der Waals surface area (Å²) in [6.45, 7) is 6.89. The van der Waals surface area contributed by atoms with E-state index in [0.29, 0.717) is 5.69 Å². The monoisotopic (exact) mass is 276 g/mol. The second kappa shape index (κ2) is 5.97. The van der Waals surface area contributed by atoms with Crippen LogP contribution in [-0.2, 0) is 6.54 Å². The Kier molecular flexibility index (Phi) is 4.32. The molecule has 1 aromatic carbocycles. The van der Waals surface area contributed by atoms with E-state index in [4.69, 9.17) is 10.5 Å². The molecule has 0 spiro atoms. The molecular formula is C15H20N2OS. The predicted molar refractivity (Wildman–Crippen MR) is 83.0 cm³/mol. The van der Waals surface area contributed by atoms with Crippen molar-refractivity contribution in [3.8, 4) is 5.75 Å². The summed E-state index contributed by atoms with van der Waals surface area (Å²) in [5.41, 5.74) is 10.3. The molecule has 0 aliphatic heterocycles. The molecule has 1 heterocycles. The Labute approximate surface area is 118 Å². The molecule has 19 heavy (non-hydrogen) atoms. The van der Waals surface area contributed by atoms with Crippen LogP contribution in [0.15, 0.2) is 29.0 Å². The highest BCUT2D eigenvalue weighted by Gasteiger charge is 2.08. The third kappa shape index (κ3) is 3.41. The largest absolute Gasteiger partial charge is 0.489 e.